The van der Waals surface area contributed by atoms with E-state index in [4.69, 9.17) is 14.9 Å². The fourth-order valence-corrected chi connectivity index (χ4v) is 1.83. The maximum Gasteiger partial charge on any atom is 0.359 e. The second-order valence-electron chi connectivity index (χ2n) is 4.64. The van der Waals surface area contributed by atoms with Gasteiger partial charge in [0, 0.05) is 0 Å². The molecule has 0 amide bonds. The van der Waals surface area contributed by atoms with Crippen molar-refractivity contribution in [2.24, 2.45) is 0 Å². The molecular formula is C15H16O10. The van der Waals surface area contributed by atoms with Crippen molar-refractivity contribution >= 4 is 23.9 Å². The van der Waals surface area contributed by atoms with Crippen molar-refractivity contribution in [2.45, 2.75) is 12.2 Å². The number of carboxylic acid groups (broad SMARTS) is 1. The van der Waals surface area contributed by atoms with E-state index in [9.17, 15) is 24.3 Å². The van der Waals surface area contributed by atoms with Gasteiger partial charge in [-0.1, -0.05) is 0 Å². The smallest absolute Gasteiger partial charge is 0.359 e. The first-order valence-corrected chi connectivity index (χ1v) is 6.79. The predicted molar refractivity (Wildman–Crippen MR) is 78.7 cm³/mol. The average Bonchev–Trinajstić information content (AvgIpc) is 2.63. The minimum atomic E-state index is -2.00. The fourth-order valence-electron chi connectivity index (χ4n) is 1.83. The molecule has 0 fully saturated rings. The van der Waals surface area contributed by atoms with Gasteiger partial charge in [-0.15, -0.1) is 0 Å². The Morgan fingerprint density at radius 3 is 2.08 bits per heavy atom. The summed E-state index contributed by atoms with van der Waals surface area (Å²) in [6.45, 7) is -0.805. The van der Waals surface area contributed by atoms with Crippen LogP contribution in [-0.4, -0.2) is 66.1 Å². The number of methoxy groups -OCH3 is 2. The second-order valence-corrected chi connectivity index (χ2v) is 4.64. The molecule has 1 rings (SSSR count). The summed E-state index contributed by atoms with van der Waals surface area (Å²) in [6, 6.07) is 3.04. The Morgan fingerprint density at radius 1 is 1.08 bits per heavy atom. The Labute approximate surface area is 141 Å². The summed E-state index contributed by atoms with van der Waals surface area (Å²) in [7, 11) is 1.93. The molecule has 1 aromatic carbocycles. The first-order valence-electron chi connectivity index (χ1n) is 6.79. The number of ether oxygens (including phenoxy) is 3. The molecule has 10 heteroatoms. The molecule has 0 aliphatic carbocycles. The van der Waals surface area contributed by atoms with Gasteiger partial charge in [-0.25, -0.2) is 19.2 Å². The first-order chi connectivity index (χ1) is 11.8. The largest absolute Gasteiger partial charge is 0.478 e. The van der Waals surface area contributed by atoms with Crippen LogP contribution < -0.4 is 0 Å². The molecule has 0 aliphatic heterocycles. The van der Waals surface area contributed by atoms with Gasteiger partial charge in [0.2, 0.25) is 0 Å². The minimum absolute atomic E-state index is 0.249. The third kappa shape index (κ3) is 4.75. The Morgan fingerprint density at radius 2 is 1.64 bits per heavy atom. The predicted octanol–water partition coefficient (Wildman–Crippen LogP) is -0.718. The van der Waals surface area contributed by atoms with Gasteiger partial charge in [0.05, 0.1) is 32.0 Å². The lowest BCUT2D eigenvalue weighted by molar-refractivity contribution is -0.165. The van der Waals surface area contributed by atoms with Crippen LogP contribution in [0.1, 0.15) is 32.4 Å². The molecule has 0 saturated heterocycles. The summed E-state index contributed by atoms with van der Waals surface area (Å²) in [4.78, 5) is 46.3. The SMILES string of the molecule is COC(=O)C(OC(=O)c1ccc(C(=O)O)cc1C(O)CO)C(=O)OC. The van der Waals surface area contributed by atoms with E-state index in [1.807, 2.05) is 0 Å². The maximum atomic E-state index is 12.2. The highest BCUT2D eigenvalue weighted by molar-refractivity contribution is 6.02. The van der Waals surface area contributed by atoms with Gasteiger partial charge in [-0.2, -0.15) is 0 Å². The number of benzene rings is 1. The van der Waals surface area contributed by atoms with Gasteiger partial charge < -0.3 is 29.5 Å². The molecule has 0 heterocycles. The van der Waals surface area contributed by atoms with Crippen LogP contribution in [0.3, 0.4) is 0 Å². The normalized spacial score (nSPS) is 11.6. The van der Waals surface area contributed by atoms with Crippen molar-refractivity contribution in [3.63, 3.8) is 0 Å². The van der Waals surface area contributed by atoms with Gasteiger partial charge in [-0.05, 0) is 23.8 Å². The van der Waals surface area contributed by atoms with Gasteiger partial charge >= 0.3 is 23.9 Å². The third-order valence-corrected chi connectivity index (χ3v) is 3.11. The van der Waals surface area contributed by atoms with E-state index in [-0.39, 0.29) is 16.7 Å². The first kappa shape index (κ1) is 20.1. The lowest BCUT2D eigenvalue weighted by Gasteiger charge is -2.17. The molecule has 1 unspecified atom stereocenters. The Hall–Kier alpha value is -2.98. The molecular weight excluding hydrogens is 340 g/mol. The molecule has 1 atom stereocenters. The molecule has 0 aliphatic rings. The van der Waals surface area contributed by atoms with Crippen molar-refractivity contribution in [3.05, 3.63) is 34.9 Å². The number of aliphatic hydroxyl groups excluding tert-OH is 2. The number of rotatable bonds is 7. The molecule has 0 bridgehead atoms. The second kappa shape index (κ2) is 8.76. The number of carboxylic acids is 1. The van der Waals surface area contributed by atoms with Crippen molar-refractivity contribution < 1.29 is 48.7 Å². The lowest BCUT2D eigenvalue weighted by Crippen LogP contribution is -2.37. The molecule has 1 aromatic rings. The van der Waals surface area contributed by atoms with Crippen LogP contribution in [-0.2, 0) is 23.8 Å². The highest BCUT2D eigenvalue weighted by Gasteiger charge is 2.34. The van der Waals surface area contributed by atoms with E-state index in [1.165, 1.54) is 0 Å². The van der Waals surface area contributed by atoms with E-state index >= 15 is 0 Å². The van der Waals surface area contributed by atoms with Crippen LogP contribution in [0.25, 0.3) is 0 Å². The Bertz CT molecular complexity index is 665. The van der Waals surface area contributed by atoms with Crippen LogP contribution in [0.15, 0.2) is 18.2 Å². The van der Waals surface area contributed by atoms with E-state index in [2.05, 4.69) is 9.47 Å². The summed E-state index contributed by atoms with van der Waals surface area (Å²) in [5, 5.41) is 27.8. The van der Waals surface area contributed by atoms with Crippen LogP contribution in [0.4, 0.5) is 0 Å². The number of carbonyl (C=O) groups is 4. The monoisotopic (exact) mass is 356 g/mol. The molecule has 0 saturated carbocycles. The van der Waals surface area contributed by atoms with Gasteiger partial charge in [0.1, 0.15) is 6.10 Å². The summed E-state index contributed by atoms with van der Waals surface area (Å²) in [5.41, 5.74) is -0.846. The van der Waals surface area contributed by atoms with E-state index in [0.29, 0.717) is 0 Å². The topological polar surface area (TPSA) is 157 Å². The summed E-state index contributed by atoms with van der Waals surface area (Å²) < 4.78 is 13.4. The summed E-state index contributed by atoms with van der Waals surface area (Å²) >= 11 is 0. The average molecular weight is 356 g/mol. The molecule has 25 heavy (non-hydrogen) atoms. The van der Waals surface area contributed by atoms with E-state index in [0.717, 1.165) is 32.4 Å². The van der Waals surface area contributed by atoms with Gasteiger partial charge in [0.25, 0.3) is 6.10 Å². The zero-order chi connectivity index (χ0) is 19.1. The zero-order valence-electron chi connectivity index (χ0n) is 13.3. The summed E-state index contributed by atoms with van der Waals surface area (Å²) in [5.74, 6) is -4.92. The van der Waals surface area contributed by atoms with Crippen LogP contribution in [0.2, 0.25) is 0 Å². The number of aromatic carboxylic acids is 1. The molecule has 136 valence electrons. The number of carbonyl (C=O) groups excluding carboxylic acids is 3. The molecule has 0 radical (unpaired) electrons. The van der Waals surface area contributed by atoms with Crippen molar-refractivity contribution in [3.8, 4) is 0 Å². The van der Waals surface area contributed by atoms with E-state index in [1.54, 1.807) is 0 Å². The minimum Gasteiger partial charge on any atom is -0.478 e. The standard InChI is InChI=1S/C15H16O10/c1-23-14(21)11(15(22)24-2)25-13(20)8-4-3-7(12(18)19)5-9(8)10(17)6-16/h3-5,10-11,16-17H,6H2,1-2H3,(H,18,19). The van der Waals surface area contributed by atoms with Gasteiger partial charge in [0.15, 0.2) is 0 Å². The quantitative estimate of drug-likeness (QED) is 0.323. The van der Waals surface area contributed by atoms with Crippen LogP contribution in [0, 0.1) is 0 Å². The summed E-state index contributed by atoms with van der Waals surface area (Å²) in [6.07, 6.45) is -3.59. The lowest BCUT2D eigenvalue weighted by atomic mass is 9.99. The molecule has 10 nitrogen and oxygen atoms in total. The molecule has 0 aromatic heterocycles. The van der Waals surface area contributed by atoms with Crippen LogP contribution >= 0.6 is 0 Å². The number of hydrogen-bond donors (Lipinski definition) is 3. The van der Waals surface area contributed by atoms with E-state index < -0.39 is 42.7 Å². The highest BCUT2D eigenvalue weighted by Crippen LogP contribution is 2.21. The fraction of sp³-hybridized carbons (Fsp3) is 0.333. The molecule has 3 N–H and O–H groups in total. The number of esters is 3. The third-order valence-electron chi connectivity index (χ3n) is 3.11. The van der Waals surface area contributed by atoms with Crippen LogP contribution in [0.5, 0.6) is 0 Å². The van der Waals surface area contributed by atoms with Crippen molar-refractivity contribution in [1.82, 2.24) is 0 Å². The zero-order valence-corrected chi connectivity index (χ0v) is 13.3. The number of hydrogen-bond acceptors (Lipinski definition) is 9. The van der Waals surface area contributed by atoms with Gasteiger partial charge in [-0.3, -0.25) is 0 Å². The Kier molecular flexibility index (Phi) is 7.03. The van der Waals surface area contributed by atoms with Crippen molar-refractivity contribution in [1.29, 1.82) is 0 Å². The van der Waals surface area contributed by atoms with Crippen molar-refractivity contribution in [2.75, 3.05) is 20.8 Å². The Balaban J connectivity index is 3.24. The molecule has 0 spiro atoms. The number of aliphatic hydroxyl groups is 2. The highest BCUT2D eigenvalue weighted by atomic mass is 16.6. The maximum absolute atomic E-state index is 12.2.